The maximum atomic E-state index is 11.7. The number of hydrogen-bond acceptors (Lipinski definition) is 5. The molecule has 0 bridgehead atoms. The lowest BCUT2D eigenvalue weighted by molar-refractivity contribution is -0.147. The molecule has 0 aliphatic carbocycles. The molecule has 1 aromatic rings. The van der Waals surface area contributed by atoms with E-state index in [-0.39, 0.29) is 0 Å². The van der Waals surface area contributed by atoms with Gasteiger partial charge in [0.1, 0.15) is 28.4 Å². The van der Waals surface area contributed by atoms with E-state index in [4.69, 9.17) is 18.9 Å². The second kappa shape index (κ2) is 6.89. The van der Waals surface area contributed by atoms with Gasteiger partial charge in [0.25, 0.3) is 0 Å². The van der Waals surface area contributed by atoms with Crippen molar-refractivity contribution in [3.63, 3.8) is 0 Å². The van der Waals surface area contributed by atoms with E-state index in [0.29, 0.717) is 22.8 Å². The summed E-state index contributed by atoms with van der Waals surface area (Å²) in [5, 5.41) is 0. The Morgan fingerprint density at radius 3 is 1.90 bits per heavy atom. The highest BCUT2D eigenvalue weighted by Gasteiger charge is 2.15. The molecule has 0 amide bonds. The molecule has 0 heterocycles. The Kier molecular flexibility index (Phi) is 5.48. The second-order valence-electron chi connectivity index (χ2n) is 5.16. The van der Waals surface area contributed by atoms with Gasteiger partial charge in [-0.25, -0.2) is 4.79 Å². The van der Waals surface area contributed by atoms with Crippen LogP contribution in [0.1, 0.15) is 26.3 Å². The average molecular weight is 292 g/mol. The molecule has 0 fully saturated rings. The number of carbonyl (C=O) groups excluding carboxylic acids is 1. The van der Waals surface area contributed by atoms with Gasteiger partial charge in [-0.05, 0) is 26.7 Å². The largest absolute Gasteiger partial charge is 0.496 e. The first-order chi connectivity index (χ1) is 9.80. The Balaban J connectivity index is 3.16. The zero-order chi connectivity index (χ0) is 16.0. The van der Waals surface area contributed by atoms with E-state index in [1.54, 1.807) is 40.0 Å². The summed E-state index contributed by atoms with van der Waals surface area (Å²) in [5.74, 6) is 6.05. The zero-order valence-corrected chi connectivity index (χ0v) is 13.2. The molecule has 0 spiro atoms. The zero-order valence-electron chi connectivity index (χ0n) is 13.2. The van der Waals surface area contributed by atoms with Crippen molar-refractivity contribution in [3.8, 4) is 29.1 Å². The Morgan fingerprint density at radius 1 is 1.00 bits per heavy atom. The van der Waals surface area contributed by atoms with Crippen molar-refractivity contribution in [2.75, 3.05) is 21.3 Å². The number of benzene rings is 1. The van der Waals surface area contributed by atoms with Gasteiger partial charge in [-0.1, -0.05) is 0 Å². The number of esters is 1. The van der Waals surface area contributed by atoms with Gasteiger partial charge < -0.3 is 18.9 Å². The molecule has 0 N–H and O–H groups in total. The van der Waals surface area contributed by atoms with Gasteiger partial charge in [-0.15, -0.1) is 0 Å². The lowest BCUT2D eigenvalue weighted by Crippen LogP contribution is -2.22. The summed E-state index contributed by atoms with van der Waals surface area (Å²) in [6.07, 6.45) is 0. The molecule has 5 heteroatoms. The van der Waals surface area contributed by atoms with Gasteiger partial charge >= 0.3 is 5.97 Å². The summed E-state index contributed by atoms with van der Waals surface area (Å²) < 4.78 is 20.8. The summed E-state index contributed by atoms with van der Waals surface area (Å²) in [4.78, 5) is 11.7. The van der Waals surface area contributed by atoms with Crippen molar-refractivity contribution in [2.45, 2.75) is 26.4 Å². The van der Waals surface area contributed by atoms with Crippen LogP contribution < -0.4 is 14.2 Å². The van der Waals surface area contributed by atoms with Crippen molar-refractivity contribution in [1.29, 1.82) is 0 Å². The standard InChI is InChI=1S/C16H20O5/c1-16(2,3)21-15(17)8-7-12-13(19-5)9-11(18-4)10-14(12)20-6/h9-10H,1-6H3. The Bertz CT molecular complexity index is 548. The van der Waals surface area contributed by atoms with Gasteiger partial charge in [0.15, 0.2) is 0 Å². The van der Waals surface area contributed by atoms with Crippen molar-refractivity contribution < 1.29 is 23.7 Å². The third-order valence-electron chi connectivity index (χ3n) is 2.40. The lowest BCUT2D eigenvalue weighted by atomic mass is 10.1. The molecule has 0 aliphatic heterocycles. The maximum Gasteiger partial charge on any atom is 0.385 e. The topological polar surface area (TPSA) is 54.0 Å². The van der Waals surface area contributed by atoms with Crippen LogP contribution in [0.25, 0.3) is 0 Å². The monoisotopic (exact) mass is 292 g/mol. The first-order valence-electron chi connectivity index (χ1n) is 6.35. The first-order valence-corrected chi connectivity index (χ1v) is 6.35. The van der Waals surface area contributed by atoms with Crippen molar-refractivity contribution in [2.24, 2.45) is 0 Å². The van der Waals surface area contributed by atoms with Crippen LogP contribution in [-0.4, -0.2) is 32.9 Å². The molecular weight excluding hydrogens is 272 g/mol. The van der Waals surface area contributed by atoms with E-state index in [2.05, 4.69) is 11.8 Å². The number of hydrogen-bond donors (Lipinski definition) is 0. The summed E-state index contributed by atoms with van der Waals surface area (Å²) in [6, 6.07) is 3.34. The molecule has 21 heavy (non-hydrogen) atoms. The lowest BCUT2D eigenvalue weighted by Gasteiger charge is -2.17. The molecule has 0 radical (unpaired) electrons. The van der Waals surface area contributed by atoms with Crippen LogP contribution >= 0.6 is 0 Å². The number of methoxy groups -OCH3 is 3. The Hall–Kier alpha value is -2.35. The van der Waals surface area contributed by atoms with Crippen LogP contribution in [0.5, 0.6) is 17.2 Å². The minimum absolute atomic E-state index is 0.460. The van der Waals surface area contributed by atoms with Crippen LogP contribution in [0.15, 0.2) is 12.1 Å². The van der Waals surface area contributed by atoms with Crippen molar-refractivity contribution in [1.82, 2.24) is 0 Å². The van der Waals surface area contributed by atoms with E-state index in [1.807, 2.05) is 0 Å². The SMILES string of the molecule is COc1cc(OC)c(C#CC(=O)OC(C)(C)C)c(OC)c1. The van der Waals surface area contributed by atoms with Gasteiger partial charge in [-0.2, -0.15) is 0 Å². The third-order valence-corrected chi connectivity index (χ3v) is 2.40. The summed E-state index contributed by atoms with van der Waals surface area (Å²) >= 11 is 0. The Morgan fingerprint density at radius 2 is 1.52 bits per heavy atom. The Labute approximate surface area is 125 Å². The minimum atomic E-state index is -0.609. The normalized spacial score (nSPS) is 10.2. The second-order valence-corrected chi connectivity index (χ2v) is 5.16. The molecule has 0 unspecified atom stereocenters. The van der Waals surface area contributed by atoms with E-state index < -0.39 is 11.6 Å². The predicted molar refractivity (Wildman–Crippen MR) is 78.8 cm³/mol. The molecule has 0 aromatic heterocycles. The highest BCUT2D eigenvalue weighted by atomic mass is 16.6. The van der Waals surface area contributed by atoms with Crippen LogP contribution in [0.4, 0.5) is 0 Å². The molecular formula is C16H20O5. The highest BCUT2D eigenvalue weighted by Crippen LogP contribution is 2.33. The summed E-state index contributed by atoms with van der Waals surface area (Å²) in [5.41, 5.74) is -0.119. The van der Waals surface area contributed by atoms with Gasteiger partial charge in [0.2, 0.25) is 0 Å². The first kappa shape index (κ1) is 16.7. The van der Waals surface area contributed by atoms with Crippen molar-refractivity contribution >= 4 is 5.97 Å². The molecule has 5 nitrogen and oxygen atoms in total. The predicted octanol–water partition coefficient (Wildman–Crippen LogP) is 2.41. The van der Waals surface area contributed by atoms with Gasteiger partial charge in [0, 0.05) is 18.1 Å². The van der Waals surface area contributed by atoms with Gasteiger partial charge in [-0.3, -0.25) is 0 Å². The fraction of sp³-hybridized carbons (Fsp3) is 0.438. The van der Waals surface area contributed by atoms with E-state index in [9.17, 15) is 4.79 Å². The number of ether oxygens (including phenoxy) is 4. The summed E-state index contributed by atoms with van der Waals surface area (Å²) in [7, 11) is 4.56. The highest BCUT2D eigenvalue weighted by molar-refractivity contribution is 5.90. The molecule has 1 rings (SSSR count). The van der Waals surface area contributed by atoms with E-state index in [0.717, 1.165) is 0 Å². The quantitative estimate of drug-likeness (QED) is 0.632. The molecule has 0 saturated carbocycles. The fourth-order valence-electron chi connectivity index (χ4n) is 1.55. The van der Waals surface area contributed by atoms with E-state index >= 15 is 0 Å². The van der Waals surface area contributed by atoms with Crippen LogP contribution in [0.2, 0.25) is 0 Å². The average Bonchev–Trinajstić information content (AvgIpc) is 2.42. The molecule has 0 aliphatic rings. The number of rotatable bonds is 3. The maximum absolute atomic E-state index is 11.7. The molecule has 0 atom stereocenters. The van der Waals surface area contributed by atoms with Crippen LogP contribution in [0, 0.1) is 11.8 Å². The van der Waals surface area contributed by atoms with Crippen molar-refractivity contribution in [3.05, 3.63) is 17.7 Å². The smallest absolute Gasteiger partial charge is 0.385 e. The third kappa shape index (κ3) is 4.92. The molecule has 1 aromatic carbocycles. The van der Waals surface area contributed by atoms with Gasteiger partial charge in [0.05, 0.1) is 21.3 Å². The van der Waals surface area contributed by atoms with Crippen LogP contribution in [-0.2, 0) is 9.53 Å². The van der Waals surface area contributed by atoms with E-state index in [1.165, 1.54) is 14.2 Å². The summed E-state index contributed by atoms with van der Waals surface area (Å²) in [6.45, 7) is 5.34. The molecule has 114 valence electrons. The molecule has 0 saturated heterocycles. The fourth-order valence-corrected chi connectivity index (χ4v) is 1.55. The van der Waals surface area contributed by atoms with Crippen LogP contribution in [0.3, 0.4) is 0 Å². The minimum Gasteiger partial charge on any atom is -0.496 e. The number of carbonyl (C=O) groups is 1.